The lowest BCUT2D eigenvalue weighted by Crippen LogP contribution is -2.30. The number of methoxy groups -OCH3 is 1. The van der Waals surface area contributed by atoms with Crippen LogP contribution in [-0.2, 0) is 6.54 Å². The van der Waals surface area contributed by atoms with Gasteiger partial charge in [0.1, 0.15) is 11.3 Å². The van der Waals surface area contributed by atoms with Gasteiger partial charge in [0.05, 0.1) is 23.4 Å². The van der Waals surface area contributed by atoms with E-state index in [2.05, 4.69) is 4.98 Å². The van der Waals surface area contributed by atoms with Crippen molar-refractivity contribution in [1.29, 1.82) is 0 Å². The molecule has 9 heteroatoms. The highest BCUT2D eigenvalue weighted by molar-refractivity contribution is 7.23. The number of pyridine rings is 1. The second kappa shape index (κ2) is 8.05. The first-order valence-corrected chi connectivity index (χ1v) is 10.6. The fourth-order valence-electron chi connectivity index (χ4n) is 3.31. The van der Waals surface area contributed by atoms with E-state index in [1.54, 1.807) is 54.7 Å². The molecular weight excluding hydrogens is 438 g/mol. The largest absolute Gasteiger partial charge is 0.494 e. The SMILES string of the molecule is COc1ccc(Cl)c2sc(N(Cc3cccnc3)C(=O)c3ccc4c(c3)OCO4)nc12. The topological polar surface area (TPSA) is 73.8 Å². The van der Waals surface area contributed by atoms with Crippen molar-refractivity contribution in [2.24, 2.45) is 0 Å². The van der Waals surface area contributed by atoms with E-state index in [4.69, 9.17) is 30.8 Å². The number of benzene rings is 2. The maximum absolute atomic E-state index is 13.6. The van der Waals surface area contributed by atoms with Gasteiger partial charge in [-0.3, -0.25) is 14.7 Å². The first-order chi connectivity index (χ1) is 15.1. The Bertz CT molecular complexity index is 1280. The molecule has 1 aliphatic rings. The van der Waals surface area contributed by atoms with Gasteiger partial charge in [0, 0.05) is 18.0 Å². The van der Waals surface area contributed by atoms with E-state index in [9.17, 15) is 4.79 Å². The molecule has 0 N–H and O–H groups in total. The van der Waals surface area contributed by atoms with E-state index < -0.39 is 0 Å². The Labute approximate surface area is 186 Å². The van der Waals surface area contributed by atoms with Gasteiger partial charge < -0.3 is 14.2 Å². The van der Waals surface area contributed by atoms with Gasteiger partial charge in [0.25, 0.3) is 5.91 Å². The van der Waals surface area contributed by atoms with E-state index in [0.717, 1.165) is 10.3 Å². The molecule has 0 fully saturated rings. The minimum absolute atomic E-state index is 0.141. The lowest BCUT2D eigenvalue weighted by atomic mass is 10.1. The van der Waals surface area contributed by atoms with Crippen LogP contribution in [0, 0.1) is 0 Å². The van der Waals surface area contributed by atoms with Crippen molar-refractivity contribution in [3.63, 3.8) is 0 Å². The van der Waals surface area contributed by atoms with Crippen LogP contribution in [0.1, 0.15) is 15.9 Å². The Kier molecular flexibility index (Phi) is 5.09. The average Bonchev–Trinajstić information content (AvgIpc) is 3.45. The van der Waals surface area contributed by atoms with Crippen molar-refractivity contribution in [3.05, 3.63) is 71.0 Å². The molecule has 3 heterocycles. The average molecular weight is 454 g/mol. The van der Waals surface area contributed by atoms with Gasteiger partial charge in [0.15, 0.2) is 16.6 Å². The Hall–Kier alpha value is -3.36. The van der Waals surface area contributed by atoms with Gasteiger partial charge in [-0.2, -0.15) is 0 Å². The Balaban J connectivity index is 1.60. The number of anilines is 1. The predicted molar refractivity (Wildman–Crippen MR) is 118 cm³/mol. The summed E-state index contributed by atoms with van der Waals surface area (Å²) in [5.74, 6) is 1.53. The van der Waals surface area contributed by atoms with Crippen molar-refractivity contribution in [2.75, 3.05) is 18.8 Å². The van der Waals surface area contributed by atoms with Crippen LogP contribution in [0.15, 0.2) is 54.9 Å². The van der Waals surface area contributed by atoms with Crippen LogP contribution in [0.4, 0.5) is 5.13 Å². The van der Waals surface area contributed by atoms with Crippen molar-refractivity contribution < 1.29 is 19.0 Å². The Morgan fingerprint density at radius 3 is 2.90 bits per heavy atom. The van der Waals surface area contributed by atoms with Crippen LogP contribution in [0.5, 0.6) is 17.2 Å². The summed E-state index contributed by atoms with van der Waals surface area (Å²) in [5, 5.41) is 1.06. The van der Waals surface area contributed by atoms with Crippen molar-refractivity contribution >= 4 is 44.2 Å². The van der Waals surface area contributed by atoms with E-state index >= 15 is 0 Å². The van der Waals surface area contributed by atoms with Gasteiger partial charge in [-0.1, -0.05) is 29.0 Å². The van der Waals surface area contributed by atoms with Gasteiger partial charge >= 0.3 is 0 Å². The molecule has 0 saturated carbocycles. The summed E-state index contributed by atoms with van der Waals surface area (Å²) >= 11 is 7.73. The number of fused-ring (bicyclic) bond motifs is 2. The molecule has 0 saturated heterocycles. The highest BCUT2D eigenvalue weighted by Gasteiger charge is 2.25. The van der Waals surface area contributed by atoms with Crippen molar-refractivity contribution in [2.45, 2.75) is 6.54 Å². The second-order valence-corrected chi connectivity index (χ2v) is 8.13. The van der Waals surface area contributed by atoms with Crippen LogP contribution in [0.25, 0.3) is 10.2 Å². The Morgan fingerprint density at radius 2 is 2.10 bits per heavy atom. The highest BCUT2D eigenvalue weighted by Crippen LogP contribution is 2.40. The lowest BCUT2D eigenvalue weighted by Gasteiger charge is -2.20. The smallest absolute Gasteiger partial charge is 0.260 e. The zero-order valence-corrected chi connectivity index (χ0v) is 17.9. The van der Waals surface area contributed by atoms with Gasteiger partial charge in [-0.25, -0.2) is 4.98 Å². The number of thiazole rings is 1. The summed E-state index contributed by atoms with van der Waals surface area (Å²) < 4.78 is 17.0. The molecule has 0 bridgehead atoms. The summed E-state index contributed by atoms with van der Waals surface area (Å²) in [6, 6.07) is 12.4. The molecule has 0 radical (unpaired) electrons. The normalized spacial score (nSPS) is 12.2. The van der Waals surface area contributed by atoms with Crippen LogP contribution in [0.3, 0.4) is 0 Å². The maximum Gasteiger partial charge on any atom is 0.260 e. The number of nitrogens with zero attached hydrogens (tertiary/aromatic N) is 3. The summed E-state index contributed by atoms with van der Waals surface area (Å²) in [7, 11) is 1.58. The van der Waals surface area contributed by atoms with Gasteiger partial charge in [-0.15, -0.1) is 0 Å². The third-order valence-electron chi connectivity index (χ3n) is 4.83. The predicted octanol–water partition coefficient (Wildman–Crippen LogP) is 4.93. The first-order valence-electron chi connectivity index (χ1n) is 9.37. The first kappa shape index (κ1) is 19.6. The molecule has 4 aromatic rings. The number of aromatic nitrogens is 2. The fourth-order valence-corrected chi connectivity index (χ4v) is 4.56. The van der Waals surface area contributed by atoms with Crippen LogP contribution in [0.2, 0.25) is 5.02 Å². The van der Waals surface area contributed by atoms with Gasteiger partial charge in [0.2, 0.25) is 6.79 Å². The van der Waals surface area contributed by atoms with Crippen LogP contribution >= 0.6 is 22.9 Å². The minimum atomic E-state index is -0.226. The molecule has 2 aromatic heterocycles. The molecule has 1 aliphatic heterocycles. The van der Waals surface area contributed by atoms with Crippen LogP contribution < -0.4 is 19.1 Å². The van der Waals surface area contributed by atoms with Crippen molar-refractivity contribution in [3.8, 4) is 17.2 Å². The molecule has 0 spiro atoms. The number of hydrogen-bond donors (Lipinski definition) is 0. The molecule has 156 valence electrons. The number of carbonyl (C=O) groups is 1. The quantitative estimate of drug-likeness (QED) is 0.426. The molecule has 0 aliphatic carbocycles. The van der Waals surface area contributed by atoms with Crippen molar-refractivity contribution in [1.82, 2.24) is 9.97 Å². The molecular formula is C22H16ClN3O4S. The summed E-state index contributed by atoms with van der Waals surface area (Å²) in [5.41, 5.74) is 1.95. The second-order valence-electron chi connectivity index (χ2n) is 6.74. The van der Waals surface area contributed by atoms with E-state index in [1.165, 1.54) is 11.3 Å². The third-order valence-corrected chi connectivity index (χ3v) is 6.36. The summed E-state index contributed by atoms with van der Waals surface area (Å²) in [4.78, 5) is 24.0. The summed E-state index contributed by atoms with van der Waals surface area (Å²) in [6.07, 6.45) is 3.41. The number of hydrogen-bond acceptors (Lipinski definition) is 7. The minimum Gasteiger partial charge on any atom is -0.494 e. The number of ether oxygens (including phenoxy) is 3. The molecule has 5 rings (SSSR count). The zero-order valence-electron chi connectivity index (χ0n) is 16.4. The lowest BCUT2D eigenvalue weighted by molar-refractivity contribution is 0.0984. The fraction of sp³-hybridized carbons (Fsp3) is 0.136. The summed E-state index contributed by atoms with van der Waals surface area (Å²) in [6.45, 7) is 0.434. The third kappa shape index (κ3) is 3.64. The molecule has 1 amide bonds. The van der Waals surface area contributed by atoms with E-state index in [-0.39, 0.29) is 12.7 Å². The zero-order chi connectivity index (χ0) is 21.4. The standard InChI is InChI=1S/C22H16ClN3O4S/c1-28-17-7-5-15(23)20-19(17)25-22(31-20)26(11-13-3-2-8-24-10-13)21(27)14-4-6-16-18(9-14)30-12-29-16/h2-10H,11-12H2,1H3. The molecule has 2 aromatic carbocycles. The maximum atomic E-state index is 13.6. The number of halogens is 1. The van der Waals surface area contributed by atoms with Gasteiger partial charge in [-0.05, 0) is 42.0 Å². The molecule has 7 nitrogen and oxygen atoms in total. The number of carbonyl (C=O) groups excluding carboxylic acids is 1. The van der Waals surface area contributed by atoms with E-state index in [0.29, 0.717) is 45.0 Å². The molecule has 0 atom stereocenters. The highest BCUT2D eigenvalue weighted by atomic mass is 35.5. The monoisotopic (exact) mass is 453 g/mol. The number of rotatable bonds is 5. The molecule has 0 unspecified atom stereocenters. The number of amides is 1. The Morgan fingerprint density at radius 1 is 1.23 bits per heavy atom. The van der Waals surface area contributed by atoms with E-state index in [1.807, 2.05) is 12.1 Å². The van der Waals surface area contributed by atoms with Crippen LogP contribution in [-0.4, -0.2) is 29.8 Å². The molecule has 31 heavy (non-hydrogen) atoms.